The molecule has 1 saturated heterocycles. The zero-order chi connectivity index (χ0) is 15.6. The predicted octanol–water partition coefficient (Wildman–Crippen LogP) is 2.02. The van der Waals surface area contributed by atoms with E-state index in [0.717, 1.165) is 48.7 Å². The van der Waals surface area contributed by atoms with E-state index in [-0.39, 0.29) is 6.10 Å². The molecule has 0 spiro atoms. The highest BCUT2D eigenvalue weighted by molar-refractivity contribution is 5.48. The standard InChI is InChI=1S/C17H21N3O3/c1-20-10-14(9-19-20)16-13(5-6-21-16)8-18-7-12-3-2-4-15-17(12)23-11-22-15/h2-4,9-10,13,16,18H,5-8,11H2,1H3/t13-,16-/m0/s1. The molecule has 4 rings (SSSR count). The Morgan fingerprint density at radius 2 is 2.30 bits per heavy atom. The Morgan fingerprint density at radius 3 is 3.17 bits per heavy atom. The SMILES string of the molecule is Cn1cc([C@H]2OCC[C@H]2CNCc2cccc3c2OCO3)cn1. The minimum atomic E-state index is 0.136. The molecule has 0 saturated carbocycles. The number of ether oxygens (including phenoxy) is 3. The molecule has 0 bridgehead atoms. The average molecular weight is 315 g/mol. The number of aryl methyl sites for hydroxylation is 1. The second kappa shape index (κ2) is 6.22. The number of hydrogen-bond donors (Lipinski definition) is 1. The molecule has 1 aromatic heterocycles. The lowest BCUT2D eigenvalue weighted by Crippen LogP contribution is -2.24. The van der Waals surface area contributed by atoms with Crippen LogP contribution < -0.4 is 14.8 Å². The largest absolute Gasteiger partial charge is 0.454 e. The normalized spacial score (nSPS) is 22.7. The van der Waals surface area contributed by atoms with Crippen LogP contribution in [-0.4, -0.2) is 29.7 Å². The molecule has 1 aromatic carbocycles. The van der Waals surface area contributed by atoms with Crippen LogP contribution in [0, 0.1) is 5.92 Å². The molecule has 1 N–H and O–H groups in total. The molecule has 2 aromatic rings. The lowest BCUT2D eigenvalue weighted by molar-refractivity contribution is 0.0904. The van der Waals surface area contributed by atoms with E-state index in [0.29, 0.717) is 12.7 Å². The van der Waals surface area contributed by atoms with Crippen LogP contribution in [0.2, 0.25) is 0 Å². The van der Waals surface area contributed by atoms with Gasteiger partial charge in [-0.05, 0) is 12.5 Å². The van der Waals surface area contributed by atoms with E-state index in [1.165, 1.54) is 0 Å². The fourth-order valence-corrected chi connectivity index (χ4v) is 3.32. The first kappa shape index (κ1) is 14.5. The molecule has 3 heterocycles. The summed E-state index contributed by atoms with van der Waals surface area (Å²) >= 11 is 0. The minimum Gasteiger partial charge on any atom is -0.454 e. The molecule has 2 aliphatic rings. The molecule has 0 radical (unpaired) electrons. The number of benzene rings is 1. The molecule has 0 unspecified atom stereocenters. The fraction of sp³-hybridized carbons (Fsp3) is 0.471. The van der Waals surface area contributed by atoms with E-state index >= 15 is 0 Å². The first-order chi connectivity index (χ1) is 11.3. The summed E-state index contributed by atoms with van der Waals surface area (Å²) in [6.45, 7) is 2.79. The maximum absolute atomic E-state index is 5.90. The average Bonchev–Trinajstić information content (AvgIpc) is 3.26. The number of nitrogens with zero attached hydrogens (tertiary/aromatic N) is 2. The highest BCUT2D eigenvalue weighted by Gasteiger charge is 2.30. The van der Waals surface area contributed by atoms with E-state index in [1.807, 2.05) is 36.3 Å². The van der Waals surface area contributed by atoms with Gasteiger partial charge in [-0.1, -0.05) is 12.1 Å². The quantitative estimate of drug-likeness (QED) is 0.915. The molecule has 6 nitrogen and oxygen atoms in total. The third-order valence-corrected chi connectivity index (χ3v) is 4.47. The van der Waals surface area contributed by atoms with Gasteiger partial charge in [0.25, 0.3) is 0 Å². The van der Waals surface area contributed by atoms with Gasteiger partial charge in [0.15, 0.2) is 11.5 Å². The number of aromatic nitrogens is 2. The molecular formula is C17H21N3O3. The molecule has 2 atom stereocenters. The summed E-state index contributed by atoms with van der Waals surface area (Å²) in [4.78, 5) is 0. The minimum absolute atomic E-state index is 0.136. The van der Waals surface area contributed by atoms with Gasteiger partial charge in [-0.3, -0.25) is 4.68 Å². The molecule has 122 valence electrons. The van der Waals surface area contributed by atoms with Gasteiger partial charge in [0.2, 0.25) is 6.79 Å². The van der Waals surface area contributed by atoms with Crippen molar-refractivity contribution in [3.8, 4) is 11.5 Å². The van der Waals surface area contributed by atoms with Crippen molar-refractivity contribution in [1.82, 2.24) is 15.1 Å². The molecule has 1 fully saturated rings. The Kier molecular flexibility index (Phi) is 3.93. The Bertz CT molecular complexity index is 685. The second-order valence-electron chi connectivity index (χ2n) is 6.07. The number of fused-ring (bicyclic) bond motifs is 1. The van der Waals surface area contributed by atoms with Crippen molar-refractivity contribution >= 4 is 0 Å². The molecule has 23 heavy (non-hydrogen) atoms. The van der Waals surface area contributed by atoms with Crippen LogP contribution in [0.4, 0.5) is 0 Å². The van der Waals surface area contributed by atoms with Gasteiger partial charge in [-0.2, -0.15) is 5.10 Å². The van der Waals surface area contributed by atoms with Crippen molar-refractivity contribution in [3.63, 3.8) is 0 Å². The molecule has 0 amide bonds. The van der Waals surface area contributed by atoms with Crippen LogP contribution in [0.3, 0.4) is 0 Å². The first-order valence-electron chi connectivity index (χ1n) is 7.99. The van der Waals surface area contributed by atoms with Crippen LogP contribution in [0.15, 0.2) is 30.6 Å². The fourth-order valence-electron chi connectivity index (χ4n) is 3.32. The van der Waals surface area contributed by atoms with Crippen molar-refractivity contribution in [2.45, 2.75) is 19.1 Å². The van der Waals surface area contributed by atoms with E-state index in [2.05, 4.69) is 16.5 Å². The monoisotopic (exact) mass is 315 g/mol. The van der Waals surface area contributed by atoms with Crippen molar-refractivity contribution in [2.24, 2.45) is 13.0 Å². The van der Waals surface area contributed by atoms with Gasteiger partial charge in [-0.15, -0.1) is 0 Å². The lowest BCUT2D eigenvalue weighted by atomic mass is 9.97. The summed E-state index contributed by atoms with van der Waals surface area (Å²) in [6, 6.07) is 6.01. The van der Waals surface area contributed by atoms with Gasteiger partial charge >= 0.3 is 0 Å². The first-order valence-corrected chi connectivity index (χ1v) is 7.99. The van der Waals surface area contributed by atoms with Crippen LogP contribution in [-0.2, 0) is 18.3 Å². The summed E-state index contributed by atoms with van der Waals surface area (Å²) in [7, 11) is 1.93. The number of para-hydroxylation sites is 1. The van der Waals surface area contributed by atoms with Gasteiger partial charge in [-0.25, -0.2) is 0 Å². The molecule has 0 aliphatic carbocycles. The molecule has 6 heteroatoms. The Balaban J connectivity index is 1.37. The van der Waals surface area contributed by atoms with Crippen molar-refractivity contribution < 1.29 is 14.2 Å². The van der Waals surface area contributed by atoms with Crippen LogP contribution in [0.1, 0.15) is 23.7 Å². The number of hydrogen-bond acceptors (Lipinski definition) is 5. The van der Waals surface area contributed by atoms with Crippen molar-refractivity contribution in [2.75, 3.05) is 19.9 Å². The Hall–Kier alpha value is -2.05. The third-order valence-electron chi connectivity index (χ3n) is 4.47. The lowest BCUT2D eigenvalue weighted by Gasteiger charge is -2.18. The van der Waals surface area contributed by atoms with Crippen molar-refractivity contribution in [3.05, 3.63) is 41.7 Å². The topological polar surface area (TPSA) is 57.5 Å². The smallest absolute Gasteiger partial charge is 0.231 e. The Morgan fingerprint density at radius 1 is 1.35 bits per heavy atom. The van der Waals surface area contributed by atoms with E-state index in [9.17, 15) is 0 Å². The van der Waals surface area contributed by atoms with E-state index in [1.54, 1.807) is 0 Å². The van der Waals surface area contributed by atoms with E-state index in [4.69, 9.17) is 14.2 Å². The third kappa shape index (κ3) is 2.92. The summed E-state index contributed by atoms with van der Waals surface area (Å²) in [6.07, 6.45) is 5.15. The van der Waals surface area contributed by atoms with Crippen molar-refractivity contribution in [1.29, 1.82) is 0 Å². The maximum Gasteiger partial charge on any atom is 0.231 e. The van der Waals surface area contributed by atoms with Crippen LogP contribution in [0.5, 0.6) is 11.5 Å². The highest BCUT2D eigenvalue weighted by atomic mass is 16.7. The highest BCUT2D eigenvalue weighted by Crippen LogP contribution is 2.36. The second-order valence-corrected chi connectivity index (χ2v) is 6.07. The summed E-state index contributed by atoms with van der Waals surface area (Å²) < 4.78 is 18.7. The predicted molar refractivity (Wildman–Crippen MR) is 84.3 cm³/mol. The van der Waals surface area contributed by atoms with Crippen LogP contribution in [0.25, 0.3) is 0 Å². The van der Waals surface area contributed by atoms with Gasteiger partial charge in [0.1, 0.15) is 0 Å². The number of nitrogens with one attached hydrogen (secondary N) is 1. The zero-order valence-electron chi connectivity index (χ0n) is 13.2. The van der Waals surface area contributed by atoms with Gasteiger partial charge in [0, 0.05) is 50.0 Å². The number of rotatable bonds is 5. The molecule has 2 aliphatic heterocycles. The van der Waals surface area contributed by atoms with E-state index < -0.39 is 0 Å². The van der Waals surface area contributed by atoms with Gasteiger partial charge in [0.05, 0.1) is 12.3 Å². The Labute approximate surface area is 135 Å². The summed E-state index contributed by atoms with van der Waals surface area (Å²) in [5, 5.41) is 7.79. The maximum atomic E-state index is 5.90. The molecular weight excluding hydrogens is 294 g/mol. The zero-order valence-corrected chi connectivity index (χ0v) is 13.2. The van der Waals surface area contributed by atoms with Gasteiger partial charge < -0.3 is 19.5 Å². The summed E-state index contributed by atoms with van der Waals surface area (Å²) in [5.74, 6) is 2.17. The van der Waals surface area contributed by atoms with Crippen LogP contribution >= 0.6 is 0 Å². The summed E-state index contributed by atoms with van der Waals surface area (Å²) in [5.41, 5.74) is 2.30.